The summed E-state index contributed by atoms with van der Waals surface area (Å²) in [6, 6.07) is 25.9. The Hall–Kier alpha value is -4.47. The number of nitrogens with one attached hydrogen (secondary N) is 3. The second-order valence-corrected chi connectivity index (χ2v) is 11.5. The molecular formula is C34H41N7O2. The van der Waals surface area contributed by atoms with Crippen molar-refractivity contribution in [3.63, 3.8) is 0 Å². The Morgan fingerprint density at radius 3 is 2.28 bits per heavy atom. The topological polar surface area (TPSA) is 123 Å². The van der Waals surface area contributed by atoms with Crippen LogP contribution in [0.25, 0.3) is 10.9 Å². The Morgan fingerprint density at radius 2 is 1.60 bits per heavy atom. The third kappa shape index (κ3) is 7.13. The maximum Gasteiger partial charge on any atom is 0.240 e. The molecule has 2 atom stereocenters. The third-order valence-corrected chi connectivity index (χ3v) is 7.65. The first-order chi connectivity index (χ1) is 20.8. The number of rotatable bonds is 13. The molecule has 0 fully saturated rings. The summed E-state index contributed by atoms with van der Waals surface area (Å²) in [6.45, 7) is 6.79. The van der Waals surface area contributed by atoms with Gasteiger partial charge in [-0.2, -0.15) is 0 Å². The number of likely N-dealkylation sites (N-methyl/N-ethyl adjacent to an activating group) is 1. The van der Waals surface area contributed by atoms with Crippen LogP contribution in [0.15, 0.2) is 85.1 Å². The van der Waals surface area contributed by atoms with Crippen molar-refractivity contribution >= 4 is 16.8 Å². The van der Waals surface area contributed by atoms with Crippen molar-refractivity contribution in [1.29, 1.82) is 0 Å². The summed E-state index contributed by atoms with van der Waals surface area (Å²) in [7, 11) is 1.66. The Balaban J connectivity index is 1.60. The maximum atomic E-state index is 13.3. The van der Waals surface area contributed by atoms with E-state index in [2.05, 4.69) is 45.3 Å². The first-order valence-corrected chi connectivity index (χ1v) is 14.7. The van der Waals surface area contributed by atoms with Crippen LogP contribution in [0.4, 0.5) is 0 Å². The van der Waals surface area contributed by atoms with E-state index in [0.29, 0.717) is 18.8 Å². The number of aromatic amines is 1. The molecule has 1 amide bonds. The van der Waals surface area contributed by atoms with Gasteiger partial charge in [0.15, 0.2) is 11.6 Å². The first kappa shape index (κ1) is 30.0. The number of nitrogens with two attached hydrogens (primary N) is 1. The quantitative estimate of drug-likeness (QED) is 0.158. The molecule has 5 aromatic rings. The fourth-order valence-corrected chi connectivity index (χ4v) is 5.34. The molecule has 0 aliphatic rings. The SMILES string of the molecule is CCN[C@H](Cc1ccccc1)c1nnc([C@@H](Cc2c[nH]c3ccccc23)NC(=O)C(C)(C)N)n1Cc1ccc(OC)cc1. The predicted octanol–water partition coefficient (Wildman–Crippen LogP) is 4.85. The molecule has 0 saturated carbocycles. The van der Waals surface area contributed by atoms with Crippen molar-refractivity contribution in [3.05, 3.63) is 113 Å². The van der Waals surface area contributed by atoms with Crippen LogP contribution in [0.1, 0.15) is 61.2 Å². The predicted molar refractivity (Wildman–Crippen MR) is 170 cm³/mol. The molecule has 0 radical (unpaired) electrons. The number of benzene rings is 3. The Kier molecular flexibility index (Phi) is 9.23. The summed E-state index contributed by atoms with van der Waals surface area (Å²) in [6.07, 6.45) is 3.25. The van der Waals surface area contributed by atoms with Gasteiger partial charge in [0.1, 0.15) is 5.75 Å². The summed E-state index contributed by atoms with van der Waals surface area (Å²) in [5, 5.41) is 17.5. The van der Waals surface area contributed by atoms with Crippen LogP contribution >= 0.6 is 0 Å². The van der Waals surface area contributed by atoms with E-state index in [0.717, 1.165) is 46.6 Å². The molecule has 5 N–H and O–H groups in total. The first-order valence-electron chi connectivity index (χ1n) is 14.7. The summed E-state index contributed by atoms with van der Waals surface area (Å²) in [5.41, 5.74) is 9.56. The number of fused-ring (bicyclic) bond motifs is 1. The molecule has 0 spiro atoms. The molecule has 5 rings (SSSR count). The van der Waals surface area contributed by atoms with E-state index in [1.807, 2.05) is 66.9 Å². The monoisotopic (exact) mass is 579 g/mol. The lowest BCUT2D eigenvalue weighted by atomic mass is 10.0. The lowest BCUT2D eigenvalue weighted by Gasteiger charge is -2.26. The van der Waals surface area contributed by atoms with Crippen LogP contribution in [-0.2, 0) is 24.2 Å². The van der Waals surface area contributed by atoms with E-state index in [-0.39, 0.29) is 11.9 Å². The molecule has 9 nitrogen and oxygen atoms in total. The number of ether oxygens (including phenoxy) is 1. The van der Waals surface area contributed by atoms with Crippen molar-refractivity contribution in [2.24, 2.45) is 5.73 Å². The lowest BCUT2D eigenvalue weighted by Crippen LogP contribution is -2.50. The highest BCUT2D eigenvalue weighted by Gasteiger charge is 2.31. The van der Waals surface area contributed by atoms with Crippen molar-refractivity contribution in [1.82, 2.24) is 30.4 Å². The molecule has 2 heterocycles. The molecule has 43 heavy (non-hydrogen) atoms. The van der Waals surface area contributed by atoms with E-state index in [1.165, 1.54) is 5.56 Å². The van der Waals surface area contributed by atoms with E-state index < -0.39 is 11.6 Å². The number of aromatic nitrogens is 4. The van der Waals surface area contributed by atoms with Gasteiger partial charge in [-0.05, 0) is 61.7 Å². The highest BCUT2D eigenvalue weighted by atomic mass is 16.5. The highest BCUT2D eigenvalue weighted by Crippen LogP contribution is 2.28. The van der Waals surface area contributed by atoms with Gasteiger partial charge >= 0.3 is 0 Å². The van der Waals surface area contributed by atoms with Crippen LogP contribution in [0.5, 0.6) is 5.75 Å². The van der Waals surface area contributed by atoms with Gasteiger partial charge in [-0.15, -0.1) is 10.2 Å². The lowest BCUT2D eigenvalue weighted by molar-refractivity contribution is -0.126. The van der Waals surface area contributed by atoms with Crippen molar-refractivity contribution in [2.75, 3.05) is 13.7 Å². The Morgan fingerprint density at radius 1 is 0.930 bits per heavy atom. The molecule has 0 bridgehead atoms. The van der Waals surface area contributed by atoms with E-state index in [1.54, 1.807) is 21.0 Å². The largest absolute Gasteiger partial charge is 0.497 e. The number of nitrogens with zero attached hydrogens (tertiary/aromatic N) is 3. The van der Waals surface area contributed by atoms with E-state index in [4.69, 9.17) is 20.7 Å². The van der Waals surface area contributed by atoms with Crippen LogP contribution < -0.4 is 21.1 Å². The number of hydrogen-bond acceptors (Lipinski definition) is 6. The molecule has 0 aliphatic heterocycles. The smallest absolute Gasteiger partial charge is 0.240 e. The van der Waals surface area contributed by atoms with Gasteiger partial charge in [0.25, 0.3) is 0 Å². The average Bonchev–Trinajstić information content (AvgIpc) is 3.61. The normalized spacial score (nSPS) is 13.1. The van der Waals surface area contributed by atoms with Crippen molar-refractivity contribution in [3.8, 4) is 5.75 Å². The van der Waals surface area contributed by atoms with Crippen molar-refractivity contribution in [2.45, 2.75) is 57.8 Å². The van der Waals surface area contributed by atoms with Gasteiger partial charge in [-0.3, -0.25) is 4.79 Å². The standard InChI is InChI=1S/C34H41N7O2/c1-5-36-29(19-23-11-7-6-8-12-23)31-39-40-32(41(31)22-24-15-17-26(43-4)18-16-24)30(38-33(42)34(2,3)35)20-25-21-37-28-14-10-9-13-27(25)28/h6-18,21,29-30,36-37H,5,19-20,22,35H2,1-4H3,(H,38,42)/t29-,30-/m1/s1. The number of hydrogen-bond donors (Lipinski definition) is 4. The molecule has 0 saturated heterocycles. The average molecular weight is 580 g/mol. The number of para-hydroxylation sites is 1. The summed E-state index contributed by atoms with van der Waals surface area (Å²) in [5.74, 6) is 2.01. The zero-order valence-corrected chi connectivity index (χ0v) is 25.3. The second kappa shape index (κ2) is 13.2. The number of carbonyl (C=O) groups excluding carboxylic acids is 1. The number of amides is 1. The maximum absolute atomic E-state index is 13.3. The minimum Gasteiger partial charge on any atom is -0.497 e. The zero-order chi connectivity index (χ0) is 30.4. The van der Waals surface area contributed by atoms with Crippen molar-refractivity contribution < 1.29 is 9.53 Å². The van der Waals surface area contributed by atoms with Gasteiger partial charge in [-0.1, -0.05) is 67.6 Å². The molecular weight excluding hydrogens is 538 g/mol. The minimum atomic E-state index is -1.07. The number of H-pyrrole nitrogens is 1. The van der Waals surface area contributed by atoms with Gasteiger partial charge in [0.05, 0.1) is 31.3 Å². The molecule has 224 valence electrons. The van der Waals surface area contributed by atoms with Crippen LogP contribution in [0.2, 0.25) is 0 Å². The Bertz CT molecular complexity index is 1640. The molecule has 9 heteroatoms. The molecule has 3 aromatic carbocycles. The second-order valence-electron chi connectivity index (χ2n) is 11.5. The minimum absolute atomic E-state index is 0.0951. The summed E-state index contributed by atoms with van der Waals surface area (Å²) >= 11 is 0. The van der Waals surface area contributed by atoms with E-state index >= 15 is 0 Å². The third-order valence-electron chi connectivity index (χ3n) is 7.65. The van der Waals surface area contributed by atoms with Crippen LogP contribution in [0, 0.1) is 0 Å². The Labute approximate surface area is 252 Å². The van der Waals surface area contributed by atoms with Gasteiger partial charge in [0.2, 0.25) is 5.91 Å². The van der Waals surface area contributed by atoms with Crippen LogP contribution in [-0.4, -0.2) is 44.8 Å². The van der Waals surface area contributed by atoms with Gasteiger partial charge in [0, 0.05) is 23.5 Å². The highest BCUT2D eigenvalue weighted by molar-refractivity contribution is 5.86. The molecule has 0 aliphatic carbocycles. The van der Waals surface area contributed by atoms with Crippen LogP contribution in [0.3, 0.4) is 0 Å². The number of methoxy groups -OCH3 is 1. The molecule has 0 unspecified atom stereocenters. The fraction of sp³-hybridized carbons (Fsp3) is 0.324. The summed E-state index contributed by atoms with van der Waals surface area (Å²) < 4.78 is 7.53. The fourth-order valence-electron chi connectivity index (χ4n) is 5.34. The molecule has 2 aromatic heterocycles. The van der Waals surface area contributed by atoms with Gasteiger partial charge in [-0.25, -0.2) is 0 Å². The number of carbonyl (C=O) groups is 1. The summed E-state index contributed by atoms with van der Waals surface area (Å²) in [4.78, 5) is 16.7. The van der Waals surface area contributed by atoms with E-state index in [9.17, 15) is 4.79 Å². The zero-order valence-electron chi connectivity index (χ0n) is 25.3. The van der Waals surface area contributed by atoms with Gasteiger partial charge < -0.3 is 30.7 Å².